The van der Waals surface area contributed by atoms with E-state index in [0.29, 0.717) is 10.2 Å². The van der Waals surface area contributed by atoms with Gasteiger partial charge in [0.1, 0.15) is 11.1 Å². The van der Waals surface area contributed by atoms with Crippen molar-refractivity contribution in [1.29, 1.82) is 0 Å². The van der Waals surface area contributed by atoms with Crippen LogP contribution in [0.1, 0.15) is 12.0 Å². The lowest BCUT2D eigenvalue weighted by Crippen LogP contribution is -2.32. The molecule has 1 heterocycles. The summed E-state index contributed by atoms with van der Waals surface area (Å²) in [5.74, 6) is -1.50. The number of aryl methyl sites for hydroxylation is 1. The van der Waals surface area contributed by atoms with E-state index in [-0.39, 0.29) is 12.1 Å². The van der Waals surface area contributed by atoms with Crippen molar-refractivity contribution in [3.63, 3.8) is 0 Å². The van der Waals surface area contributed by atoms with Gasteiger partial charge in [0.15, 0.2) is 5.17 Å². The molecule has 0 bridgehead atoms. The lowest BCUT2D eigenvalue weighted by atomic mass is 10.2. The molecule has 0 aliphatic carbocycles. The Morgan fingerprint density at radius 2 is 2.04 bits per heavy atom. The van der Waals surface area contributed by atoms with Crippen LogP contribution in [0.5, 0.6) is 0 Å². The average Bonchev–Trinajstić information content (AvgIpc) is 2.91. The Morgan fingerprint density at radius 1 is 1.30 bits per heavy atom. The SMILES string of the molecule is CN=C(Nc1ccc(C)c(Cl)c1)S[C@H]1CC(=O)N(c2ccccc2F)C1=O. The smallest absolute Gasteiger partial charge is 0.247 e. The second-order valence-electron chi connectivity index (χ2n) is 5.95. The first-order valence-corrected chi connectivity index (χ1v) is 9.44. The highest BCUT2D eigenvalue weighted by Crippen LogP contribution is 2.32. The first-order chi connectivity index (χ1) is 12.9. The quantitative estimate of drug-likeness (QED) is 0.471. The zero-order valence-electron chi connectivity index (χ0n) is 14.7. The minimum atomic E-state index is -0.677. The van der Waals surface area contributed by atoms with Crippen molar-refractivity contribution in [1.82, 2.24) is 0 Å². The van der Waals surface area contributed by atoms with Gasteiger partial charge in [0, 0.05) is 24.2 Å². The summed E-state index contributed by atoms with van der Waals surface area (Å²) >= 11 is 7.26. The van der Waals surface area contributed by atoms with Gasteiger partial charge in [0.05, 0.1) is 5.69 Å². The summed E-state index contributed by atoms with van der Waals surface area (Å²) in [4.78, 5) is 30.0. The molecule has 140 valence electrons. The van der Waals surface area contributed by atoms with Gasteiger partial charge in [-0.2, -0.15) is 0 Å². The van der Waals surface area contributed by atoms with Crippen molar-refractivity contribution in [2.45, 2.75) is 18.6 Å². The van der Waals surface area contributed by atoms with Crippen LogP contribution in [0.4, 0.5) is 15.8 Å². The van der Waals surface area contributed by atoms with Gasteiger partial charge in [0.2, 0.25) is 11.8 Å². The van der Waals surface area contributed by atoms with Gasteiger partial charge in [-0.25, -0.2) is 9.29 Å². The Kier molecular flexibility index (Phi) is 5.82. The molecule has 0 aromatic heterocycles. The number of hydrogen-bond donors (Lipinski definition) is 1. The number of para-hydroxylation sites is 1. The monoisotopic (exact) mass is 405 g/mol. The van der Waals surface area contributed by atoms with Gasteiger partial charge in [-0.05, 0) is 36.8 Å². The summed E-state index contributed by atoms with van der Waals surface area (Å²) in [7, 11) is 1.58. The van der Waals surface area contributed by atoms with Crippen LogP contribution in [0.3, 0.4) is 0 Å². The van der Waals surface area contributed by atoms with E-state index in [9.17, 15) is 14.0 Å². The lowest BCUT2D eigenvalue weighted by Gasteiger charge is -2.16. The highest BCUT2D eigenvalue weighted by molar-refractivity contribution is 8.15. The number of imide groups is 1. The topological polar surface area (TPSA) is 61.8 Å². The van der Waals surface area contributed by atoms with E-state index < -0.39 is 22.9 Å². The number of carbonyl (C=O) groups is 2. The van der Waals surface area contributed by atoms with E-state index in [4.69, 9.17) is 11.6 Å². The maximum Gasteiger partial charge on any atom is 0.247 e. The maximum absolute atomic E-state index is 14.0. The second kappa shape index (κ2) is 8.10. The van der Waals surface area contributed by atoms with Crippen molar-refractivity contribution in [2.75, 3.05) is 17.3 Å². The standard InChI is InChI=1S/C19H17ClFN3O2S/c1-11-7-8-12(9-13(11)20)23-19(22-2)27-16-10-17(25)24(18(16)26)15-6-4-3-5-14(15)21/h3-9,16H,10H2,1-2H3,(H,22,23)/t16-/m0/s1. The fourth-order valence-corrected chi connectivity index (χ4v) is 3.81. The number of carbonyl (C=O) groups excluding carboxylic acids is 2. The van der Waals surface area contributed by atoms with E-state index >= 15 is 0 Å². The summed E-state index contributed by atoms with van der Waals surface area (Å²) < 4.78 is 14.0. The summed E-state index contributed by atoms with van der Waals surface area (Å²) in [5, 5.41) is 3.50. The minimum absolute atomic E-state index is 0.0206. The van der Waals surface area contributed by atoms with Crippen LogP contribution in [0.2, 0.25) is 5.02 Å². The fourth-order valence-electron chi connectivity index (χ4n) is 2.65. The summed E-state index contributed by atoms with van der Waals surface area (Å²) in [6.45, 7) is 1.90. The summed E-state index contributed by atoms with van der Waals surface area (Å²) in [6.07, 6.45) is -0.0206. The molecule has 8 heteroatoms. The normalized spacial score (nSPS) is 17.6. The predicted molar refractivity (Wildman–Crippen MR) is 108 cm³/mol. The van der Waals surface area contributed by atoms with Gasteiger partial charge in [-0.1, -0.05) is 41.6 Å². The van der Waals surface area contributed by atoms with Gasteiger partial charge in [0.25, 0.3) is 0 Å². The zero-order valence-corrected chi connectivity index (χ0v) is 16.3. The predicted octanol–water partition coefficient (Wildman–Crippen LogP) is 4.25. The number of halogens is 2. The lowest BCUT2D eigenvalue weighted by molar-refractivity contribution is -0.121. The molecule has 2 aromatic rings. The molecule has 0 radical (unpaired) electrons. The molecule has 3 rings (SSSR count). The van der Waals surface area contributed by atoms with Crippen LogP contribution in [0.25, 0.3) is 0 Å². The third-order valence-electron chi connectivity index (χ3n) is 4.08. The van der Waals surface area contributed by atoms with Crippen LogP contribution < -0.4 is 10.2 Å². The van der Waals surface area contributed by atoms with Crippen molar-refractivity contribution in [3.8, 4) is 0 Å². The van der Waals surface area contributed by atoms with Gasteiger partial charge in [-0.3, -0.25) is 14.6 Å². The molecule has 1 saturated heterocycles. The number of amides is 2. The number of thioether (sulfide) groups is 1. The Labute approximate surface area is 165 Å². The number of nitrogens with one attached hydrogen (secondary N) is 1. The molecule has 0 saturated carbocycles. The molecule has 1 aliphatic heterocycles. The van der Waals surface area contributed by atoms with Crippen molar-refractivity contribution in [2.24, 2.45) is 4.99 Å². The summed E-state index contributed by atoms with van der Waals surface area (Å²) in [5.41, 5.74) is 1.65. The molecule has 1 aliphatic rings. The molecule has 2 aromatic carbocycles. The third kappa shape index (κ3) is 4.14. The second-order valence-corrected chi connectivity index (χ2v) is 7.55. The molecule has 0 unspecified atom stereocenters. The van der Waals surface area contributed by atoms with E-state index in [1.165, 1.54) is 18.2 Å². The number of amidine groups is 1. The molecule has 0 spiro atoms. The van der Waals surface area contributed by atoms with Gasteiger partial charge < -0.3 is 5.32 Å². The first-order valence-electron chi connectivity index (χ1n) is 8.18. The maximum atomic E-state index is 14.0. The Hall–Kier alpha value is -2.38. The highest BCUT2D eigenvalue weighted by atomic mass is 35.5. The molecule has 1 atom stereocenters. The molecule has 1 fully saturated rings. The first kappa shape index (κ1) is 19.4. The molecular formula is C19H17ClFN3O2S. The fraction of sp³-hybridized carbons (Fsp3) is 0.211. The highest BCUT2D eigenvalue weighted by Gasteiger charge is 2.41. The van der Waals surface area contributed by atoms with E-state index in [2.05, 4.69) is 10.3 Å². The van der Waals surface area contributed by atoms with Gasteiger partial charge in [-0.15, -0.1) is 0 Å². The summed E-state index contributed by atoms with van der Waals surface area (Å²) in [6, 6.07) is 11.2. The number of nitrogens with zero attached hydrogens (tertiary/aromatic N) is 2. The Bertz CT molecular complexity index is 935. The van der Waals surface area contributed by atoms with Crippen LogP contribution in [-0.4, -0.2) is 29.3 Å². The third-order valence-corrected chi connectivity index (χ3v) is 5.65. The van der Waals surface area contributed by atoms with Gasteiger partial charge >= 0.3 is 0 Å². The molecule has 1 N–H and O–H groups in total. The minimum Gasteiger partial charge on any atom is -0.335 e. The number of aliphatic imine (C=N–C) groups is 1. The number of rotatable bonds is 3. The van der Waals surface area contributed by atoms with Crippen LogP contribution in [0.15, 0.2) is 47.5 Å². The van der Waals surface area contributed by atoms with Crippen molar-refractivity contribution >= 4 is 51.7 Å². The number of hydrogen-bond acceptors (Lipinski definition) is 4. The average molecular weight is 406 g/mol. The molecule has 27 heavy (non-hydrogen) atoms. The molecule has 5 nitrogen and oxygen atoms in total. The van der Waals surface area contributed by atoms with E-state index in [1.54, 1.807) is 19.2 Å². The molecular weight excluding hydrogens is 389 g/mol. The van der Waals surface area contributed by atoms with E-state index in [1.807, 2.05) is 19.1 Å². The van der Waals surface area contributed by atoms with Crippen LogP contribution >= 0.6 is 23.4 Å². The largest absolute Gasteiger partial charge is 0.335 e. The van der Waals surface area contributed by atoms with E-state index in [0.717, 1.165) is 27.9 Å². The Morgan fingerprint density at radius 3 is 2.70 bits per heavy atom. The van der Waals surface area contributed by atoms with Crippen molar-refractivity contribution in [3.05, 3.63) is 58.9 Å². The van der Waals surface area contributed by atoms with Crippen molar-refractivity contribution < 1.29 is 14.0 Å². The Balaban J connectivity index is 1.75. The number of anilines is 2. The number of benzene rings is 2. The zero-order chi connectivity index (χ0) is 19.6. The molecule has 2 amide bonds. The van der Waals surface area contributed by atoms with Crippen LogP contribution in [0, 0.1) is 12.7 Å². The van der Waals surface area contributed by atoms with Crippen LogP contribution in [-0.2, 0) is 9.59 Å².